The van der Waals surface area contributed by atoms with Crippen molar-refractivity contribution in [2.45, 2.75) is 0 Å². The van der Waals surface area contributed by atoms with Crippen LogP contribution in [0.25, 0.3) is 32.7 Å². The molecule has 0 aliphatic heterocycles. The highest BCUT2D eigenvalue weighted by Crippen LogP contribution is 2.50. The van der Waals surface area contributed by atoms with E-state index in [1.54, 1.807) is 12.1 Å². The fraction of sp³-hybridized carbons (Fsp3) is 0. The Morgan fingerprint density at radius 1 is 0.478 bits per heavy atom. The van der Waals surface area contributed by atoms with Gasteiger partial charge in [-0.25, -0.2) is 0 Å². The third kappa shape index (κ3) is 1.90. The van der Waals surface area contributed by atoms with Gasteiger partial charge in [0, 0.05) is 10.9 Å². The van der Waals surface area contributed by atoms with Crippen LogP contribution in [0.2, 0.25) is 0 Å². The third-order valence-electron chi connectivity index (χ3n) is 4.20. The Balaban J connectivity index is 2.21. The molecule has 0 aliphatic rings. The van der Waals surface area contributed by atoms with Crippen molar-refractivity contribution in [3.63, 3.8) is 0 Å². The molecule has 0 aliphatic carbocycles. The predicted molar refractivity (Wildman–Crippen MR) is 91.9 cm³/mol. The monoisotopic (exact) mass is 302 g/mol. The maximum absolute atomic E-state index is 10.5. The summed E-state index contributed by atoms with van der Waals surface area (Å²) in [6.07, 6.45) is 0. The van der Waals surface area contributed by atoms with E-state index in [1.165, 1.54) is 0 Å². The Labute approximate surface area is 132 Å². The van der Waals surface area contributed by atoms with Crippen LogP contribution in [-0.4, -0.2) is 15.3 Å². The van der Waals surface area contributed by atoms with E-state index in [-0.39, 0.29) is 11.5 Å². The van der Waals surface area contributed by atoms with Gasteiger partial charge in [0.25, 0.3) is 0 Å². The lowest BCUT2D eigenvalue weighted by Gasteiger charge is -2.15. The fourth-order valence-corrected chi connectivity index (χ4v) is 3.11. The molecule has 0 bridgehead atoms. The molecule has 4 aromatic carbocycles. The first kappa shape index (κ1) is 13.5. The molecule has 0 fully saturated rings. The lowest BCUT2D eigenvalue weighted by molar-refractivity contribution is 0.372. The van der Waals surface area contributed by atoms with Crippen LogP contribution >= 0.6 is 0 Å². The molecule has 0 saturated carbocycles. The van der Waals surface area contributed by atoms with E-state index < -0.39 is 5.75 Å². The Hall–Kier alpha value is -3.20. The Bertz CT molecular complexity index is 1050. The molecule has 0 aromatic heterocycles. The summed E-state index contributed by atoms with van der Waals surface area (Å²) >= 11 is 0. The van der Waals surface area contributed by atoms with Gasteiger partial charge in [-0.2, -0.15) is 0 Å². The highest BCUT2D eigenvalue weighted by Gasteiger charge is 2.20. The smallest absolute Gasteiger partial charge is 0.201 e. The number of benzene rings is 4. The topological polar surface area (TPSA) is 60.7 Å². The fourth-order valence-electron chi connectivity index (χ4n) is 3.11. The Kier molecular flexibility index (Phi) is 2.88. The first-order chi connectivity index (χ1) is 11.2. The van der Waals surface area contributed by atoms with Gasteiger partial charge in [-0.05, 0) is 21.7 Å². The second-order valence-corrected chi connectivity index (χ2v) is 5.49. The average Bonchev–Trinajstić information content (AvgIpc) is 2.60. The van der Waals surface area contributed by atoms with Gasteiger partial charge < -0.3 is 15.3 Å². The zero-order valence-electron chi connectivity index (χ0n) is 12.2. The molecule has 0 atom stereocenters. The zero-order chi connectivity index (χ0) is 16.0. The van der Waals surface area contributed by atoms with Crippen LogP contribution in [0.15, 0.2) is 66.7 Å². The minimum atomic E-state index is -0.494. The van der Waals surface area contributed by atoms with Crippen LogP contribution < -0.4 is 0 Å². The molecule has 0 heterocycles. The van der Waals surface area contributed by atoms with Crippen LogP contribution in [0.5, 0.6) is 17.2 Å². The highest BCUT2D eigenvalue weighted by molar-refractivity contribution is 6.10. The number of aromatic hydroxyl groups is 3. The van der Waals surface area contributed by atoms with Crippen molar-refractivity contribution in [2.75, 3.05) is 0 Å². The summed E-state index contributed by atoms with van der Waals surface area (Å²) in [5.41, 5.74) is 1.33. The van der Waals surface area contributed by atoms with Crippen LogP contribution in [0.1, 0.15) is 0 Å². The molecular weight excluding hydrogens is 288 g/mol. The van der Waals surface area contributed by atoms with Gasteiger partial charge in [-0.15, -0.1) is 0 Å². The molecule has 4 aromatic rings. The summed E-state index contributed by atoms with van der Waals surface area (Å²) < 4.78 is 0. The summed E-state index contributed by atoms with van der Waals surface area (Å²) in [6, 6.07) is 20.8. The number of hydrogen-bond acceptors (Lipinski definition) is 3. The summed E-state index contributed by atoms with van der Waals surface area (Å²) in [4.78, 5) is 0. The molecule has 0 radical (unpaired) electrons. The molecular formula is C20H14O3. The van der Waals surface area contributed by atoms with Crippen LogP contribution in [0.3, 0.4) is 0 Å². The van der Waals surface area contributed by atoms with Crippen molar-refractivity contribution >= 4 is 21.5 Å². The summed E-state index contributed by atoms with van der Waals surface area (Å²) in [5.74, 6) is -1.11. The molecule has 3 nitrogen and oxygen atoms in total. The Morgan fingerprint density at radius 2 is 1.09 bits per heavy atom. The predicted octanol–water partition coefficient (Wildman–Crippen LogP) is 4.78. The van der Waals surface area contributed by atoms with Crippen molar-refractivity contribution in [1.82, 2.24) is 0 Å². The van der Waals surface area contributed by atoms with Crippen LogP contribution in [0, 0.1) is 0 Å². The van der Waals surface area contributed by atoms with Crippen molar-refractivity contribution in [1.29, 1.82) is 0 Å². The summed E-state index contributed by atoms with van der Waals surface area (Å²) in [6.45, 7) is 0. The van der Waals surface area contributed by atoms with E-state index in [2.05, 4.69) is 0 Å². The largest absolute Gasteiger partial charge is 0.504 e. The number of hydrogen-bond donors (Lipinski definition) is 3. The number of phenols is 3. The molecule has 0 spiro atoms. The molecule has 3 N–H and O–H groups in total. The third-order valence-corrected chi connectivity index (χ3v) is 4.20. The highest BCUT2D eigenvalue weighted by atomic mass is 16.3. The second-order valence-electron chi connectivity index (χ2n) is 5.49. The van der Waals surface area contributed by atoms with Gasteiger partial charge in [0.1, 0.15) is 0 Å². The van der Waals surface area contributed by atoms with Gasteiger partial charge in [0.05, 0.1) is 0 Å². The Morgan fingerprint density at radius 3 is 1.87 bits per heavy atom. The van der Waals surface area contributed by atoms with Gasteiger partial charge in [0.2, 0.25) is 5.75 Å². The van der Waals surface area contributed by atoms with Crippen molar-refractivity contribution in [3.8, 4) is 28.4 Å². The molecule has 0 unspecified atom stereocenters. The van der Waals surface area contributed by atoms with Gasteiger partial charge in [-0.3, -0.25) is 0 Å². The first-order valence-corrected chi connectivity index (χ1v) is 7.32. The average molecular weight is 302 g/mol. The number of phenolic OH excluding ortho intramolecular Hbond substituents is 3. The number of rotatable bonds is 1. The van der Waals surface area contributed by atoms with E-state index in [0.717, 1.165) is 16.3 Å². The maximum Gasteiger partial charge on any atom is 0.201 e. The van der Waals surface area contributed by atoms with E-state index in [9.17, 15) is 15.3 Å². The SMILES string of the molecule is Oc1c(O)c(-c2cccc3ccccc23)c2ccccc2c1O. The molecule has 23 heavy (non-hydrogen) atoms. The molecule has 4 rings (SSSR count). The standard InChI is InChI=1S/C20H14O3/c21-18-16-10-4-3-9-15(16)17(19(22)20(18)23)14-11-5-7-12-6-1-2-8-13(12)14/h1-11,21-23H. The van der Waals surface area contributed by atoms with Gasteiger partial charge in [0.15, 0.2) is 11.5 Å². The van der Waals surface area contributed by atoms with E-state index in [0.29, 0.717) is 16.3 Å². The minimum absolute atomic E-state index is 0.304. The molecule has 0 amide bonds. The van der Waals surface area contributed by atoms with Crippen LogP contribution in [0.4, 0.5) is 0 Å². The van der Waals surface area contributed by atoms with E-state index in [4.69, 9.17) is 0 Å². The molecule has 0 saturated heterocycles. The van der Waals surface area contributed by atoms with E-state index >= 15 is 0 Å². The normalized spacial score (nSPS) is 11.1. The quantitative estimate of drug-likeness (QED) is 0.444. The maximum atomic E-state index is 10.5. The lowest BCUT2D eigenvalue weighted by Crippen LogP contribution is -1.87. The minimum Gasteiger partial charge on any atom is -0.504 e. The van der Waals surface area contributed by atoms with Gasteiger partial charge >= 0.3 is 0 Å². The second kappa shape index (κ2) is 4.92. The van der Waals surface area contributed by atoms with Crippen molar-refractivity contribution in [3.05, 3.63) is 66.7 Å². The number of fused-ring (bicyclic) bond motifs is 2. The van der Waals surface area contributed by atoms with Crippen LogP contribution in [-0.2, 0) is 0 Å². The van der Waals surface area contributed by atoms with Gasteiger partial charge in [-0.1, -0.05) is 66.7 Å². The zero-order valence-corrected chi connectivity index (χ0v) is 12.2. The summed E-state index contributed by atoms with van der Waals surface area (Å²) in [7, 11) is 0. The van der Waals surface area contributed by atoms with Crippen molar-refractivity contribution < 1.29 is 15.3 Å². The molecule has 112 valence electrons. The van der Waals surface area contributed by atoms with E-state index in [1.807, 2.05) is 54.6 Å². The van der Waals surface area contributed by atoms with Crippen molar-refractivity contribution in [2.24, 2.45) is 0 Å². The first-order valence-electron chi connectivity index (χ1n) is 7.32. The molecule has 3 heteroatoms. The summed E-state index contributed by atoms with van der Waals surface area (Å²) in [5, 5.41) is 33.9. The lowest BCUT2D eigenvalue weighted by atomic mass is 9.92.